The van der Waals surface area contributed by atoms with Gasteiger partial charge in [-0.15, -0.1) is 0 Å². The zero-order valence-corrected chi connectivity index (χ0v) is 11.2. The lowest BCUT2D eigenvalue weighted by atomic mass is 10.1. The molecule has 1 amide bonds. The molecule has 0 aromatic carbocycles. The lowest BCUT2D eigenvalue weighted by Crippen LogP contribution is -2.41. The van der Waals surface area contributed by atoms with Crippen LogP contribution in [0, 0.1) is 0 Å². The fraction of sp³-hybridized carbons (Fsp3) is 0.500. The number of nitrogens with one attached hydrogen (secondary N) is 2. The first-order chi connectivity index (χ1) is 8.60. The van der Waals surface area contributed by atoms with Gasteiger partial charge in [0.1, 0.15) is 0 Å². The van der Waals surface area contributed by atoms with Crippen molar-refractivity contribution in [3.05, 3.63) is 10.0 Å². The summed E-state index contributed by atoms with van der Waals surface area (Å²) in [5.74, 6) is -0.442. The van der Waals surface area contributed by atoms with Gasteiger partial charge in [0, 0.05) is 19.0 Å². The molecule has 18 heavy (non-hydrogen) atoms. The van der Waals surface area contributed by atoms with E-state index in [4.69, 9.17) is 11.6 Å². The van der Waals surface area contributed by atoms with E-state index in [2.05, 4.69) is 20.4 Å². The molecule has 1 atom stereocenters. The molecule has 0 aliphatic carbocycles. The van der Waals surface area contributed by atoms with Crippen LogP contribution in [0.2, 0.25) is 5.15 Å². The largest absolute Gasteiger partial charge is 0.465 e. The number of aromatic nitrogens is 1. The van der Waals surface area contributed by atoms with Gasteiger partial charge < -0.3 is 15.4 Å². The third-order valence-electron chi connectivity index (χ3n) is 2.55. The average molecular weight is 290 g/mol. The smallest absolute Gasteiger partial charge is 0.351 e. The second kappa shape index (κ2) is 5.53. The Morgan fingerprint density at radius 1 is 1.67 bits per heavy atom. The number of methoxy groups -OCH3 is 1. The number of esters is 1. The van der Waals surface area contributed by atoms with Gasteiger partial charge in [0.2, 0.25) is 5.91 Å². The van der Waals surface area contributed by atoms with Crippen molar-refractivity contribution in [3.63, 3.8) is 0 Å². The van der Waals surface area contributed by atoms with Crippen LogP contribution in [-0.4, -0.2) is 36.6 Å². The number of nitrogens with zero attached hydrogens (tertiary/aromatic N) is 1. The highest BCUT2D eigenvalue weighted by atomic mass is 35.5. The summed E-state index contributed by atoms with van der Waals surface area (Å²) < 4.78 is 4.60. The Bertz CT molecular complexity index is 467. The molecule has 1 aromatic rings. The minimum Gasteiger partial charge on any atom is -0.465 e. The van der Waals surface area contributed by atoms with Gasteiger partial charge >= 0.3 is 5.97 Å². The maximum atomic E-state index is 11.4. The van der Waals surface area contributed by atoms with Crippen LogP contribution in [0.25, 0.3) is 0 Å². The predicted molar refractivity (Wildman–Crippen MR) is 68.1 cm³/mol. The van der Waals surface area contributed by atoms with Crippen molar-refractivity contribution in [2.45, 2.75) is 18.9 Å². The van der Waals surface area contributed by atoms with Gasteiger partial charge in [0.05, 0.1) is 7.11 Å². The second-order valence-electron chi connectivity index (χ2n) is 3.81. The Balaban J connectivity index is 2.02. The number of ether oxygens (including phenoxy) is 1. The summed E-state index contributed by atoms with van der Waals surface area (Å²) >= 11 is 6.99. The van der Waals surface area contributed by atoms with E-state index in [1.165, 1.54) is 7.11 Å². The van der Waals surface area contributed by atoms with Gasteiger partial charge in [-0.1, -0.05) is 22.9 Å². The standard InChI is InChI=1S/C10H12ClN3O3S/c1-17-9(16)7-8(11)14-10(18-7)13-5-2-3-6(15)12-4-5/h5H,2-4H2,1H3,(H,12,15)(H,13,14). The Labute approximate surface area is 113 Å². The zero-order valence-electron chi connectivity index (χ0n) is 9.66. The first-order valence-corrected chi connectivity index (χ1v) is 6.57. The topological polar surface area (TPSA) is 80.3 Å². The molecule has 0 bridgehead atoms. The summed E-state index contributed by atoms with van der Waals surface area (Å²) in [4.78, 5) is 26.7. The number of piperidine rings is 1. The zero-order chi connectivity index (χ0) is 13.1. The van der Waals surface area contributed by atoms with Gasteiger partial charge in [0.15, 0.2) is 15.2 Å². The molecule has 0 radical (unpaired) electrons. The fourth-order valence-electron chi connectivity index (χ4n) is 1.61. The monoisotopic (exact) mass is 289 g/mol. The van der Waals surface area contributed by atoms with E-state index in [0.717, 1.165) is 17.8 Å². The van der Waals surface area contributed by atoms with Crippen LogP contribution < -0.4 is 10.6 Å². The van der Waals surface area contributed by atoms with Crippen molar-refractivity contribution in [1.29, 1.82) is 0 Å². The highest BCUT2D eigenvalue weighted by Crippen LogP contribution is 2.28. The van der Waals surface area contributed by atoms with E-state index in [0.29, 0.717) is 18.1 Å². The lowest BCUT2D eigenvalue weighted by Gasteiger charge is -2.22. The Morgan fingerprint density at radius 3 is 3.06 bits per heavy atom. The molecule has 2 N–H and O–H groups in total. The van der Waals surface area contributed by atoms with Crippen molar-refractivity contribution < 1.29 is 14.3 Å². The number of carbonyl (C=O) groups is 2. The number of hydrogen-bond acceptors (Lipinski definition) is 6. The first kappa shape index (κ1) is 13.1. The molecule has 1 fully saturated rings. The molecule has 1 aromatic heterocycles. The van der Waals surface area contributed by atoms with E-state index in [1.807, 2.05) is 0 Å². The van der Waals surface area contributed by atoms with Crippen LogP contribution in [0.3, 0.4) is 0 Å². The number of halogens is 1. The predicted octanol–water partition coefficient (Wildman–Crippen LogP) is 1.27. The molecule has 2 rings (SSSR count). The van der Waals surface area contributed by atoms with Crippen molar-refractivity contribution in [3.8, 4) is 0 Å². The quantitative estimate of drug-likeness (QED) is 0.819. The van der Waals surface area contributed by atoms with Crippen molar-refractivity contribution in [2.24, 2.45) is 0 Å². The SMILES string of the molecule is COC(=O)c1sc(NC2CCC(=O)NC2)nc1Cl. The van der Waals surface area contributed by atoms with Gasteiger partial charge in [-0.25, -0.2) is 9.78 Å². The normalized spacial score (nSPS) is 19.2. The highest BCUT2D eigenvalue weighted by Gasteiger charge is 2.21. The van der Waals surface area contributed by atoms with Crippen molar-refractivity contribution >= 4 is 39.9 Å². The number of rotatable bonds is 3. The highest BCUT2D eigenvalue weighted by molar-refractivity contribution is 7.18. The summed E-state index contributed by atoms with van der Waals surface area (Å²) in [5, 5.41) is 6.59. The number of amides is 1. The van der Waals surface area contributed by atoms with Crippen molar-refractivity contribution in [2.75, 3.05) is 19.0 Å². The number of thiazole rings is 1. The van der Waals surface area contributed by atoms with Crippen LogP contribution in [0.1, 0.15) is 22.5 Å². The summed E-state index contributed by atoms with van der Waals surface area (Å²) in [6, 6.07) is 0.107. The fourth-order valence-corrected chi connectivity index (χ4v) is 2.79. The van der Waals surface area contributed by atoms with Gasteiger partial charge in [-0.3, -0.25) is 4.79 Å². The number of anilines is 1. The molecular weight excluding hydrogens is 278 g/mol. The molecule has 1 aliphatic heterocycles. The van der Waals surface area contributed by atoms with E-state index in [-0.39, 0.29) is 22.0 Å². The van der Waals surface area contributed by atoms with E-state index >= 15 is 0 Å². The molecular formula is C10H12ClN3O3S. The molecule has 8 heteroatoms. The summed E-state index contributed by atoms with van der Waals surface area (Å²) in [6.07, 6.45) is 1.22. The minimum absolute atomic E-state index is 0.0560. The summed E-state index contributed by atoms with van der Waals surface area (Å²) in [5.41, 5.74) is 0. The molecule has 1 aliphatic rings. The van der Waals surface area contributed by atoms with Crippen LogP contribution in [0.5, 0.6) is 0 Å². The molecule has 1 saturated heterocycles. The summed E-state index contributed by atoms with van der Waals surface area (Å²) in [6.45, 7) is 0.545. The molecule has 0 saturated carbocycles. The van der Waals surface area contributed by atoms with Crippen LogP contribution in [-0.2, 0) is 9.53 Å². The molecule has 6 nitrogen and oxygen atoms in total. The van der Waals surface area contributed by atoms with Gasteiger partial charge in [0.25, 0.3) is 0 Å². The summed E-state index contributed by atoms with van der Waals surface area (Å²) in [7, 11) is 1.29. The van der Waals surface area contributed by atoms with E-state index in [1.54, 1.807) is 0 Å². The Hall–Kier alpha value is -1.34. The third kappa shape index (κ3) is 2.91. The lowest BCUT2D eigenvalue weighted by molar-refractivity contribution is -0.122. The molecule has 98 valence electrons. The molecule has 0 spiro atoms. The number of carbonyl (C=O) groups excluding carboxylic acids is 2. The maximum absolute atomic E-state index is 11.4. The second-order valence-corrected chi connectivity index (χ2v) is 5.17. The van der Waals surface area contributed by atoms with Crippen LogP contribution in [0.15, 0.2) is 0 Å². The van der Waals surface area contributed by atoms with Gasteiger partial charge in [-0.05, 0) is 6.42 Å². The number of hydrogen-bond donors (Lipinski definition) is 2. The van der Waals surface area contributed by atoms with Gasteiger partial charge in [-0.2, -0.15) is 0 Å². The molecule has 1 unspecified atom stereocenters. The maximum Gasteiger partial charge on any atom is 0.351 e. The third-order valence-corrected chi connectivity index (χ3v) is 3.90. The molecule has 2 heterocycles. The van der Waals surface area contributed by atoms with Crippen LogP contribution in [0.4, 0.5) is 5.13 Å². The van der Waals surface area contributed by atoms with E-state index in [9.17, 15) is 9.59 Å². The Morgan fingerprint density at radius 2 is 2.44 bits per heavy atom. The van der Waals surface area contributed by atoms with Crippen molar-refractivity contribution in [1.82, 2.24) is 10.3 Å². The van der Waals surface area contributed by atoms with Crippen LogP contribution >= 0.6 is 22.9 Å². The first-order valence-electron chi connectivity index (χ1n) is 5.38. The average Bonchev–Trinajstić information content (AvgIpc) is 2.72. The van der Waals surface area contributed by atoms with E-state index < -0.39 is 5.97 Å². The Kier molecular flexibility index (Phi) is 4.03. The minimum atomic E-state index is -0.498.